The zero-order chi connectivity index (χ0) is 23.2. The van der Waals surface area contributed by atoms with Gasteiger partial charge in [-0.25, -0.2) is 9.37 Å². The molecular weight excluding hydrogens is 445 g/mol. The van der Waals surface area contributed by atoms with Gasteiger partial charge in [0.15, 0.2) is 11.6 Å². The van der Waals surface area contributed by atoms with Gasteiger partial charge in [-0.2, -0.15) is 10.1 Å². The fourth-order valence-corrected chi connectivity index (χ4v) is 3.67. The minimum Gasteiger partial charge on any atom is -0.383 e. The number of hydrogen-bond donors (Lipinski definition) is 3. The first-order valence-corrected chi connectivity index (χ1v) is 11.4. The van der Waals surface area contributed by atoms with Crippen molar-refractivity contribution in [2.75, 3.05) is 44.5 Å². The Balaban J connectivity index is 1.48. The third-order valence-corrected chi connectivity index (χ3v) is 5.93. The lowest BCUT2D eigenvalue weighted by molar-refractivity contribution is 0.160. The van der Waals surface area contributed by atoms with Gasteiger partial charge in [-0.15, -0.1) is 0 Å². The summed E-state index contributed by atoms with van der Waals surface area (Å²) < 4.78 is 18.6. The van der Waals surface area contributed by atoms with E-state index >= 15 is 0 Å². The standard InChI is InChI=1S/C23H29ClFN7O/c1-32(11-12-33-2)10-9-19(15-5-7-17(25)8-6-15)27-23-26-14-18(24)22(29-23)28-21-13-20(30-31-21)16-3-4-16/h5-8,13-14,16,19H,3-4,9-12H2,1-2H3,(H3,26,27,28,29,30,31)/t19-/m0/s1. The lowest BCUT2D eigenvalue weighted by Gasteiger charge is -2.23. The van der Waals surface area contributed by atoms with Crippen molar-refractivity contribution in [3.63, 3.8) is 0 Å². The predicted molar refractivity (Wildman–Crippen MR) is 128 cm³/mol. The van der Waals surface area contributed by atoms with E-state index in [2.05, 4.69) is 35.7 Å². The molecular formula is C23H29ClFN7O. The Morgan fingerprint density at radius 3 is 2.79 bits per heavy atom. The van der Waals surface area contributed by atoms with Crippen LogP contribution in [0.3, 0.4) is 0 Å². The highest BCUT2D eigenvalue weighted by atomic mass is 35.5. The first-order chi connectivity index (χ1) is 16.0. The van der Waals surface area contributed by atoms with Crippen LogP contribution in [-0.4, -0.2) is 58.9 Å². The summed E-state index contributed by atoms with van der Waals surface area (Å²) in [6.45, 7) is 2.30. The number of aromatic amines is 1. The molecule has 1 aliphatic carbocycles. The first-order valence-electron chi connectivity index (χ1n) is 11.1. The topological polar surface area (TPSA) is 91.0 Å². The molecule has 4 rings (SSSR count). The number of halogens is 2. The Hall–Kier alpha value is -2.75. The number of hydrogen-bond acceptors (Lipinski definition) is 7. The van der Waals surface area contributed by atoms with Crippen LogP contribution >= 0.6 is 11.6 Å². The van der Waals surface area contributed by atoms with Crippen molar-refractivity contribution < 1.29 is 9.13 Å². The van der Waals surface area contributed by atoms with Crippen LogP contribution in [0, 0.1) is 5.82 Å². The molecule has 3 N–H and O–H groups in total. The molecule has 1 aromatic carbocycles. The summed E-state index contributed by atoms with van der Waals surface area (Å²) in [4.78, 5) is 11.1. The van der Waals surface area contributed by atoms with Gasteiger partial charge in [0.1, 0.15) is 10.8 Å². The molecule has 0 saturated heterocycles. The van der Waals surface area contributed by atoms with E-state index in [-0.39, 0.29) is 11.9 Å². The second kappa shape index (κ2) is 10.9. The number of methoxy groups -OCH3 is 1. The van der Waals surface area contributed by atoms with E-state index in [9.17, 15) is 4.39 Å². The van der Waals surface area contributed by atoms with Crippen molar-refractivity contribution >= 4 is 29.2 Å². The molecule has 1 atom stereocenters. The lowest BCUT2D eigenvalue weighted by Crippen LogP contribution is -2.27. The maximum Gasteiger partial charge on any atom is 0.225 e. The van der Waals surface area contributed by atoms with E-state index < -0.39 is 0 Å². The molecule has 0 radical (unpaired) electrons. The summed E-state index contributed by atoms with van der Waals surface area (Å²) >= 11 is 6.34. The van der Waals surface area contributed by atoms with Crippen LogP contribution < -0.4 is 10.6 Å². The molecule has 0 aliphatic heterocycles. The maximum absolute atomic E-state index is 13.5. The van der Waals surface area contributed by atoms with Gasteiger partial charge in [0.25, 0.3) is 0 Å². The molecule has 0 unspecified atom stereocenters. The van der Waals surface area contributed by atoms with Crippen LogP contribution in [-0.2, 0) is 4.74 Å². The minimum absolute atomic E-state index is 0.114. The van der Waals surface area contributed by atoms with E-state index in [0.29, 0.717) is 35.1 Å². The number of anilines is 3. The Morgan fingerprint density at radius 1 is 1.27 bits per heavy atom. The Bertz CT molecular complexity index is 1040. The van der Waals surface area contributed by atoms with Gasteiger partial charge < -0.3 is 20.3 Å². The van der Waals surface area contributed by atoms with E-state index in [0.717, 1.165) is 30.8 Å². The largest absolute Gasteiger partial charge is 0.383 e. The van der Waals surface area contributed by atoms with Gasteiger partial charge in [-0.3, -0.25) is 5.10 Å². The van der Waals surface area contributed by atoms with Crippen LogP contribution in [0.25, 0.3) is 0 Å². The van der Waals surface area contributed by atoms with Gasteiger partial charge in [-0.1, -0.05) is 23.7 Å². The molecule has 1 fully saturated rings. The molecule has 0 amide bonds. The van der Waals surface area contributed by atoms with Gasteiger partial charge in [0.2, 0.25) is 5.95 Å². The van der Waals surface area contributed by atoms with Crippen molar-refractivity contribution in [3.05, 3.63) is 58.6 Å². The number of rotatable bonds is 12. The van der Waals surface area contributed by atoms with Crippen LogP contribution in [0.5, 0.6) is 0 Å². The number of aromatic nitrogens is 4. The second-order valence-electron chi connectivity index (χ2n) is 8.33. The van der Waals surface area contributed by atoms with Crippen molar-refractivity contribution in [2.24, 2.45) is 0 Å². The monoisotopic (exact) mass is 473 g/mol. The fraction of sp³-hybridized carbons (Fsp3) is 0.435. The molecule has 10 heteroatoms. The summed E-state index contributed by atoms with van der Waals surface area (Å²) in [5.41, 5.74) is 2.07. The molecule has 1 aliphatic rings. The van der Waals surface area contributed by atoms with Crippen molar-refractivity contribution in [1.82, 2.24) is 25.1 Å². The Morgan fingerprint density at radius 2 is 2.06 bits per heavy atom. The third kappa shape index (κ3) is 6.63. The van der Waals surface area contributed by atoms with Crippen molar-refractivity contribution in [3.8, 4) is 0 Å². The Labute approximate surface area is 197 Å². The van der Waals surface area contributed by atoms with Crippen LogP contribution in [0.1, 0.15) is 42.5 Å². The van der Waals surface area contributed by atoms with E-state index in [4.69, 9.17) is 16.3 Å². The highest BCUT2D eigenvalue weighted by Gasteiger charge is 2.25. The number of benzene rings is 1. The number of ether oxygens (including phenoxy) is 1. The van der Waals surface area contributed by atoms with Crippen LogP contribution in [0.2, 0.25) is 5.02 Å². The molecule has 0 bridgehead atoms. The van der Waals surface area contributed by atoms with Crippen molar-refractivity contribution in [2.45, 2.75) is 31.2 Å². The zero-order valence-electron chi connectivity index (χ0n) is 18.8. The molecule has 33 heavy (non-hydrogen) atoms. The molecule has 0 spiro atoms. The zero-order valence-corrected chi connectivity index (χ0v) is 19.6. The average molecular weight is 474 g/mol. The maximum atomic E-state index is 13.5. The van der Waals surface area contributed by atoms with E-state index in [1.165, 1.54) is 25.0 Å². The molecule has 3 aromatic rings. The van der Waals surface area contributed by atoms with Gasteiger partial charge >= 0.3 is 0 Å². The molecule has 8 nitrogen and oxygen atoms in total. The van der Waals surface area contributed by atoms with E-state index in [1.54, 1.807) is 25.4 Å². The normalized spacial score (nSPS) is 14.5. The van der Waals surface area contributed by atoms with Crippen LogP contribution in [0.15, 0.2) is 36.5 Å². The highest BCUT2D eigenvalue weighted by molar-refractivity contribution is 6.32. The molecule has 176 valence electrons. The van der Waals surface area contributed by atoms with Gasteiger partial charge in [0.05, 0.1) is 18.8 Å². The lowest BCUT2D eigenvalue weighted by atomic mass is 10.0. The van der Waals surface area contributed by atoms with Crippen LogP contribution in [0.4, 0.5) is 22.0 Å². The third-order valence-electron chi connectivity index (χ3n) is 5.66. The summed E-state index contributed by atoms with van der Waals surface area (Å²) in [5.74, 6) is 1.86. The number of nitrogens with zero attached hydrogens (tertiary/aromatic N) is 4. The minimum atomic E-state index is -0.270. The number of nitrogens with one attached hydrogen (secondary N) is 3. The predicted octanol–water partition coefficient (Wildman–Crippen LogP) is 4.73. The summed E-state index contributed by atoms with van der Waals surface area (Å²) in [6.07, 6.45) is 4.70. The molecule has 2 heterocycles. The van der Waals surface area contributed by atoms with E-state index in [1.807, 2.05) is 13.1 Å². The average Bonchev–Trinajstić information content (AvgIpc) is 3.56. The highest BCUT2D eigenvalue weighted by Crippen LogP contribution is 2.39. The van der Waals surface area contributed by atoms with Gasteiger partial charge in [0, 0.05) is 37.9 Å². The number of H-pyrrole nitrogens is 1. The SMILES string of the molecule is COCCN(C)CC[C@H](Nc1ncc(Cl)c(Nc2cc(C3CC3)[nH]n2)n1)c1ccc(F)cc1. The quantitative estimate of drug-likeness (QED) is 0.350. The Kier molecular flexibility index (Phi) is 7.74. The first kappa shape index (κ1) is 23.4. The second-order valence-corrected chi connectivity index (χ2v) is 8.74. The number of likely N-dealkylation sites (N-methyl/N-ethyl adjacent to an activating group) is 1. The fourth-order valence-electron chi connectivity index (χ4n) is 3.53. The summed E-state index contributed by atoms with van der Waals surface area (Å²) in [5, 5.41) is 14.3. The molecule has 1 saturated carbocycles. The van der Waals surface area contributed by atoms with Gasteiger partial charge in [-0.05, 0) is 44.0 Å². The molecule has 2 aromatic heterocycles. The smallest absolute Gasteiger partial charge is 0.225 e. The van der Waals surface area contributed by atoms with Crippen molar-refractivity contribution in [1.29, 1.82) is 0 Å². The summed E-state index contributed by atoms with van der Waals surface area (Å²) in [7, 11) is 3.73. The summed E-state index contributed by atoms with van der Waals surface area (Å²) in [6, 6.07) is 8.35.